The van der Waals surface area contributed by atoms with Gasteiger partial charge in [0.15, 0.2) is 7.37 Å². The maximum atomic E-state index is 14.6. The van der Waals surface area contributed by atoms with Gasteiger partial charge >= 0.3 is 0 Å². The van der Waals surface area contributed by atoms with Gasteiger partial charge in [0, 0.05) is 37.7 Å². The zero-order valence-corrected chi connectivity index (χ0v) is 20.2. The quantitative estimate of drug-likeness (QED) is 0.579. The minimum atomic E-state index is -4.39. The normalized spacial score (nSPS) is 18.0. The van der Waals surface area contributed by atoms with Gasteiger partial charge in [-0.25, -0.2) is 17.2 Å². The van der Waals surface area contributed by atoms with E-state index in [1.807, 2.05) is 0 Å². The third-order valence-electron chi connectivity index (χ3n) is 4.59. The molecular weight excluding hydrogens is 501 g/mol. The van der Waals surface area contributed by atoms with Crippen LogP contribution >= 0.6 is 19.0 Å². The van der Waals surface area contributed by atoms with Crippen LogP contribution < -0.4 is 5.32 Å². The fourth-order valence-corrected chi connectivity index (χ4v) is 5.72. The number of ether oxygens (including phenoxy) is 1. The zero-order chi connectivity index (χ0) is 24.4. The lowest BCUT2D eigenvalue weighted by Crippen LogP contribution is -2.38. The van der Waals surface area contributed by atoms with Crippen LogP contribution in [0.15, 0.2) is 41.3 Å². The average Bonchev–Trinajstić information content (AvgIpc) is 2.95. The Labute approximate surface area is 195 Å². The third-order valence-corrected chi connectivity index (χ3v) is 7.56. The summed E-state index contributed by atoms with van der Waals surface area (Å²) in [6.45, 7) is 2.58. The van der Waals surface area contributed by atoms with Crippen LogP contribution in [0.25, 0.3) is 0 Å². The number of hydrogen-bond donors (Lipinski definition) is 1. The van der Waals surface area contributed by atoms with Crippen LogP contribution in [0.4, 0.5) is 14.5 Å². The van der Waals surface area contributed by atoms with Crippen molar-refractivity contribution in [3.63, 3.8) is 0 Å². The van der Waals surface area contributed by atoms with Gasteiger partial charge in [-0.3, -0.25) is 9.36 Å². The summed E-state index contributed by atoms with van der Waals surface area (Å²) in [7, 11) is -7.32. The Hall–Kier alpha value is -1.88. The molecule has 1 unspecified atom stereocenters. The summed E-state index contributed by atoms with van der Waals surface area (Å²) in [5.41, 5.74) is 0.0364. The van der Waals surface area contributed by atoms with Crippen LogP contribution in [-0.4, -0.2) is 64.4 Å². The molecule has 1 aliphatic heterocycles. The molecule has 1 N–H and O–H groups in total. The highest BCUT2D eigenvalue weighted by Gasteiger charge is 2.33. The molecule has 3 rings (SSSR count). The summed E-state index contributed by atoms with van der Waals surface area (Å²) < 4.78 is 78.0. The second kappa shape index (κ2) is 10.2. The van der Waals surface area contributed by atoms with Crippen LogP contribution in [0.2, 0.25) is 5.02 Å². The van der Waals surface area contributed by atoms with E-state index >= 15 is 0 Å². The molecule has 0 aromatic heterocycles. The Morgan fingerprint density at radius 2 is 1.91 bits per heavy atom. The number of nitrogens with one attached hydrogen (secondary N) is 1. The highest BCUT2D eigenvalue weighted by molar-refractivity contribution is 7.89. The summed E-state index contributed by atoms with van der Waals surface area (Å²) in [5, 5.41) is 2.25. The lowest BCUT2D eigenvalue weighted by atomic mass is 10.2. The van der Waals surface area contributed by atoms with Crippen LogP contribution in [-0.2, 0) is 23.8 Å². The van der Waals surface area contributed by atoms with Gasteiger partial charge in [0.05, 0.1) is 18.2 Å². The molecule has 2 aromatic carbocycles. The summed E-state index contributed by atoms with van der Waals surface area (Å²) >= 11 is 5.70. The molecule has 1 atom stereocenters. The van der Waals surface area contributed by atoms with Gasteiger partial charge in [-0.2, -0.15) is 4.31 Å². The highest BCUT2D eigenvalue weighted by atomic mass is 35.5. The standard InChI is InChI=1S/C20H22ClF2N2O6PS/c1-32(2,27)31-15-11-25(7-8-30-12-15)33(28,29)19-9-13(3-5-18(19)23)20(26)24-14-4-6-17(22)16(21)10-14/h3-6,9-10,15H,7-8,11-12H2,1-2H3,(H,24,26). The number of halogens is 3. The second-order valence-corrected chi connectivity index (χ2v) is 12.7. The Balaban J connectivity index is 1.87. The molecule has 13 heteroatoms. The number of hydrogen-bond acceptors (Lipinski definition) is 6. The fourth-order valence-electron chi connectivity index (χ4n) is 3.15. The highest BCUT2D eigenvalue weighted by Crippen LogP contribution is 2.39. The van der Waals surface area contributed by atoms with Crippen molar-refractivity contribution in [1.82, 2.24) is 4.31 Å². The van der Waals surface area contributed by atoms with Crippen molar-refractivity contribution in [3.8, 4) is 0 Å². The lowest BCUT2D eigenvalue weighted by molar-refractivity contribution is 0.0749. The van der Waals surface area contributed by atoms with Crippen LogP contribution in [0.5, 0.6) is 0 Å². The molecule has 33 heavy (non-hydrogen) atoms. The van der Waals surface area contributed by atoms with E-state index < -0.39 is 45.9 Å². The van der Waals surface area contributed by atoms with Crippen LogP contribution in [0.1, 0.15) is 10.4 Å². The van der Waals surface area contributed by atoms with Crippen molar-refractivity contribution in [2.45, 2.75) is 11.0 Å². The first kappa shape index (κ1) is 25.7. The minimum Gasteiger partial charge on any atom is -0.377 e. The topological polar surface area (TPSA) is 102 Å². The van der Waals surface area contributed by atoms with E-state index in [2.05, 4.69) is 5.32 Å². The zero-order valence-electron chi connectivity index (χ0n) is 17.8. The van der Waals surface area contributed by atoms with E-state index in [0.717, 1.165) is 28.6 Å². The van der Waals surface area contributed by atoms with E-state index in [4.69, 9.17) is 20.9 Å². The number of carbonyl (C=O) groups excluding carboxylic acids is 1. The SMILES string of the molecule is CP(C)(=O)OC1COCCN(S(=O)(=O)c2cc(C(=O)Nc3ccc(F)c(Cl)c3)ccc2F)C1. The van der Waals surface area contributed by atoms with Crippen molar-refractivity contribution in [2.75, 3.05) is 44.9 Å². The summed E-state index contributed by atoms with van der Waals surface area (Å²) in [6, 6.07) is 6.43. The Kier molecular flexibility index (Phi) is 7.93. The largest absolute Gasteiger partial charge is 0.377 e. The smallest absolute Gasteiger partial charge is 0.255 e. The summed E-state index contributed by atoms with van der Waals surface area (Å²) in [6.07, 6.45) is -0.805. The van der Waals surface area contributed by atoms with Gasteiger partial charge < -0.3 is 14.6 Å². The molecule has 0 spiro atoms. The molecule has 180 valence electrons. The fraction of sp³-hybridized carbons (Fsp3) is 0.350. The monoisotopic (exact) mass is 522 g/mol. The summed E-state index contributed by atoms with van der Waals surface area (Å²) in [4.78, 5) is 11.9. The minimum absolute atomic E-state index is 0.0306. The predicted octanol–water partition coefficient (Wildman–Crippen LogP) is 3.81. The molecule has 2 aromatic rings. The lowest BCUT2D eigenvalue weighted by Gasteiger charge is -2.24. The molecule has 1 aliphatic rings. The molecule has 0 saturated carbocycles. The van der Waals surface area contributed by atoms with Gasteiger partial charge in [-0.05, 0) is 36.4 Å². The number of nitrogens with zero attached hydrogens (tertiary/aromatic N) is 1. The maximum Gasteiger partial charge on any atom is 0.255 e. The first-order chi connectivity index (χ1) is 15.4. The molecule has 1 amide bonds. The first-order valence-corrected chi connectivity index (χ1v) is 14.1. The molecule has 1 saturated heterocycles. The molecular formula is C20H22ClF2N2O6PS. The Morgan fingerprint density at radius 1 is 1.21 bits per heavy atom. The molecule has 0 radical (unpaired) electrons. The molecule has 0 aliphatic carbocycles. The predicted molar refractivity (Wildman–Crippen MR) is 120 cm³/mol. The third kappa shape index (κ3) is 6.59. The maximum absolute atomic E-state index is 14.6. The van der Waals surface area contributed by atoms with E-state index in [1.165, 1.54) is 25.5 Å². The molecule has 1 fully saturated rings. The summed E-state index contributed by atoms with van der Waals surface area (Å²) in [5.74, 6) is -2.46. The number of benzene rings is 2. The van der Waals surface area contributed by atoms with Gasteiger partial charge in [-0.15, -0.1) is 0 Å². The number of anilines is 1. The average molecular weight is 523 g/mol. The van der Waals surface area contributed by atoms with Crippen molar-refractivity contribution >= 4 is 40.6 Å². The molecule has 0 bridgehead atoms. The first-order valence-electron chi connectivity index (χ1n) is 9.74. The number of sulfonamides is 1. The number of amides is 1. The van der Waals surface area contributed by atoms with E-state index in [0.29, 0.717) is 0 Å². The Bertz CT molecular complexity index is 1210. The van der Waals surface area contributed by atoms with Crippen molar-refractivity contribution in [2.24, 2.45) is 0 Å². The second-order valence-electron chi connectivity index (χ2n) is 7.65. The Morgan fingerprint density at radius 3 is 2.58 bits per heavy atom. The number of carbonyl (C=O) groups is 1. The van der Waals surface area contributed by atoms with Crippen molar-refractivity contribution in [3.05, 3.63) is 58.6 Å². The van der Waals surface area contributed by atoms with Gasteiger partial charge in [0.25, 0.3) is 5.91 Å². The molecule has 1 heterocycles. The van der Waals surface area contributed by atoms with Crippen LogP contribution in [0, 0.1) is 11.6 Å². The molecule has 8 nitrogen and oxygen atoms in total. The van der Waals surface area contributed by atoms with Crippen LogP contribution in [0.3, 0.4) is 0 Å². The van der Waals surface area contributed by atoms with Crippen molar-refractivity contribution < 1.29 is 35.8 Å². The van der Waals surface area contributed by atoms with E-state index in [-0.39, 0.29) is 42.6 Å². The van der Waals surface area contributed by atoms with Gasteiger partial charge in [0.1, 0.15) is 22.6 Å². The number of rotatable bonds is 6. The van der Waals surface area contributed by atoms with E-state index in [9.17, 15) is 26.6 Å². The van der Waals surface area contributed by atoms with Gasteiger partial charge in [-0.1, -0.05) is 11.6 Å². The van der Waals surface area contributed by atoms with E-state index in [1.54, 1.807) is 0 Å². The van der Waals surface area contributed by atoms with Gasteiger partial charge in [0.2, 0.25) is 10.0 Å². The van der Waals surface area contributed by atoms with Crippen molar-refractivity contribution in [1.29, 1.82) is 0 Å².